The SMILES string of the molecule is CCCC[C@H](N)c1nc(Cc2ccc(C(C)(C)C)cc2)no1. The molecule has 120 valence electrons. The number of unbranched alkanes of at least 4 members (excludes halogenated alkanes) is 1. The molecule has 0 saturated carbocycles. The molecule has 0 saturated heterocycles. The predicted octanol–water partition coefficient (Wildman–Crippen LogP) is 4.15. The van der Waals surface area contributed by atoms with Gasteiger partial charge in [-0.1, -0.05) is 70.0 Å². The van der Waals surface area contributed by atoms with Crippen LogP contribution in [-0.4, -0.2) is 10.1 Å². The first-order valence-corrected chi connectivity index (χ1v) is 8.07. The molecule has 1 atom stereocenters. The van der Waals surface area contributed by atoms with E-state index in [0.29, 0.717) is 18.1 Å². The molecule has 4 heteroatoms. The van der Waals surface area contributed by atoms with Crippen LogP contribution in [0.15, 0.2) is 28.8 Å². The summed E-state index contributed by atoms with van der Waals surface area (Å²) in [6.07, 6.45) is 3.76. The first kappa shape index (κ1) is 16.7. The molecule has 1 aromatic carbocycles. The molecule has 4 nitrogen and oxygen atoms in total. The van der Waals surface area contributed by atoms with Gasteiger partial charge in [0.15, 0.2) is 5.82 Å². The van der Waals surface area contributed by atoms with Gasteiger partial charge in [0, 0.05) is 6.42 Å². The molecule has 0 amide bonds. The van der Waals surface area contributed by atoms with Crippen molar-refractivity contribution in [1.29, 1.82) is 0 Å². The number of hydrogen-bond acceptors (Lipinski definition) is 4. The summed E-state index contributed by atoms with van der Waals surface area (Å²) in [5.74, 6) is 1.25. The largest absolute Gasteiger partial charge is 0.338 e. The van der Waals surface area contributed by atoms with Gasteiger partial charge in [0.25, 0.3) is 0 Å². The van der Waals surface area contributed by atoms with Crippen molar-refractivity contribution in [2.75, 3.05) is 0 Å². The lowest BCUT2D eigenvalue weighted by Crippen LogP contribution is -2.11. The van der Waals surface area contributed by atoms with Crippen molar-refractivity contribution in [2.45, 2.75) is 64.8 Å². The van der Waals surface area contributed by atoms with Crippen LogP contribution < -0.4 is 5.73 Å². The van der Waals surface area contributed by atoms with Gasteiger partial charge in [-0.3, -0.25) is 0 Å². The zero-order valence-electron chi connectivity index (χ0n) is 14.1. The second-order valence-electron chi connectivity index (χ2n) is 6.92. The highest BCUT2D eigenvalue weighted by Crippen LogP contribution is 2.23. The fourth-order valence-electron chi connectivity index (χ4n) is 2.34. The van der Waals surface area contributed by atoms with E-state index in [2.05, 4.69) is 62.1 Å². The molecule has 0 aliphatic rings. The fourth-order valence-corrected chi connectivity index (χ4v) is 2.34. The van der Waals surface area contributed by atoms with E-state index in [1.807, 2.05) is 0 Å². The van der Waals surface area contributed by atoms with Crippen LogP contribution in [-0.2, 0) is 11.8 Å². The summed E-state index contributed by atoms with van der Waals surface area (Å²) in [6, 6.07) is 8.46. The summed E-state index contributed by atoms with van der Waals surface area (Å²) in [6.45, 7) is 8.79. The van der Waals surface area contributed by atoms with Crippen LogP contribution in [0.4, 0.5) is 0 Å². The molecule has 0 fully saturated rings. The minimum Gasteiger partial charge on any atom is -0.338 e. The number of nitrogens with zero attached hydrogens (tertiary/aromatic N) is 2. The van der Waals surface area contributed by atoms with E-state index in [0.717, 1.165) is 19.3 Å². The third-order valence-corrected chi connectivity index (χ3v) is 3.85. The molecule has 22 heavy (non-hydrogen) atoms. The lowest BCUT2D eigenvalue weighted by Gasteiger charge is -2.18. The standard InChI is InChI=1S/C18H27N3O/c1-5-6-7-15(19)17-20-16(21-22-17)12-13-8-10-14(11-9-13)18(2,3)4/h8-11,15H,5-7,12,19H2,1-4H3/t15-/m0/s1. The van der Waals surface area contributed by atoms with Crippen LogP contribution in [0.3, 0.4) is 0 Å². The maximum absolute atomic E-state index is 6.06. The highest BCUT2D eigenvalue weighted by atomic mass is 16.5. The Morgan fingerprint density at radius 1 is 1.18 bits per heavy atom. The highest BCUT2D eigenvalue weighted by Gasteiger charge is 2.15. The Hall–Kier alpha value is -1.68. The predicted molar refractivity (Wildman–Crippen MR) is 88.7 cm³/mol. The third-order valence-electron chi connectivity index (χ3n) is 3.85. The van der Waals surface area contributed by atoms with E-state index in [9.17, 15) is 0 Å². The van der Waals surface area contributed by atoms with Gasteiger partial charge in [-0.05, 0) is 23.0 Å². The second kappa shape index (κ2) is 7.05. The molecule has 2 rings (SSSR count). The minimum absolute atomic E-state index is 0.149. The summed E-state index contributed by atoms with van der Waals surface area (Å²) in [5.41, 5.74) is 8.74. The Morgan fingerprint density at radius 3 is 2.45 bits per heavy atom. The normalized spacial score (nSPS) is 13.3. The molecular weight excluding hydrogens is 274 g/mol. The number of benzene rings is 1. The Kier molecular flexibility index (Phi) is 5.35. The molecule has 0 spiro atoms. The molecule has 0 bridgehead atoms. The van der Waals surface area contributed by atoms with Crippen LogP contribution in [0.5, 0.6) is 0 Å². The van der Waals surface area contributed by atoms with Crippen molar-refractivity contribution in [1.82, 2.24) is 10.1 Å². The third kappa shape index (κ3) is 4.41. The highest BCUT2D eigenvalue weighted by molar-refractivity contribution is 5.28. The summed E-state index contributed by atoms with van der Waals surface area (Å²) < 4.78 is 5.29. The van der Waals surface area contributed by atoms with Gasteiger partial charge in [0.1, 0.15) is 0 Å². The molecule has 0 aliphatic heterocycles. The maximum Gasteiger partial charge on any atom is 0.243 e. The Bertz CT molecular complexity index is 581. The van der Waals surface area contributed by atoms with Crippen molar-refractivity contribution in [3.05, 3.63) is 47.1 Å². The van der Waals surface area contributed by atoms with E-state index in [4.69, 9.17) is 10.3 Å². The Morgan fingerprint density at radius 2 is 1.86 bits per heavy atom. The van der Waals surface area contributed by atoms with E-state index in [1.54, 1.807) is 0 Å². The number of aromatic nitrogens is 2. The van der Waals surface area contributed by atoms with Crippen molar-refractivity contribution >= 4 is 0 Å². The van der Waals surface area contributed by atoms with Gasteiger partial charge in [-0.25, -0.2) is 0 Å². The van der Waals surface area contributed by atoms with Crippen LogP contribution in [0, 0.1) is 0 Å². The monoisotopic (exact) mass is 301 g/mol. The van der Waals surface area contributed by atoms with Crippen molar-refractivity contribution in [2.24, 2.45) is 5.73 Å². The van der Waals surface area contributed by atoms with Crippen LogP contribution in [0.25, 0.3) is 0 Å². The Labute approximate surface area is 133 Å². The summed E-state index contributed by atoms with van der Waals surface area (Å²) in [7, 11) is 0. The smallest absolute Gasteiger partial charge is 0.243 e. The summed E-state index contributed by atoms with van der Waals surface area (Å²) in [5, 5.41) is 4.05. The molecule has 2 N–H and O–H groups in total. The van der Waals surface area contributed by atoms with E-state index < -0.39 is 0 Å². The van der Waals surface area contributed by atoms with Gasteiger partial charge in [0.2, 0.25) is 5.89 Å². The average Bonchev–Trinajstić information content (AvgIpc) is 2.93. The molecule has 0 aliphatic carbocycles. The summed E-state index contributed by atoms with van der Waals surface area (Å²) >= 11 is 0. The van der Waals surface area contributed by atoms with Crippen LogP contribution >= 0.6 is 0 Å². The lowest BCUT2D eigenvalue weighted by atomic mass is 9.86. The quantitative estimate of drug-likeness (QED) is 0.870. The first-order chi connectivity index (χ1) is 10.4. The van der Waals surface area contributed by atoms with Gasteiger partial charge in [-0.15, -0.1) is 0 Å². The van der Waals surface area contributed by atoms with Crippen molar-refractivity contribution in [3.8, 4) is 0 Å². The Balaban J connectivity index is 2.01. The minimum atomic E-state index is -0.149. The average molecular weight is 301 g/mol. The molecular formula is C18H27N3O. The summed E-state index contributed by atoms with van der Waals surface area (Å²) in [4.78, 5) is 4.43. The van der Waals surface area contributed by atoms with E-state index in [-0.39, 0.29) is 11.5 Å². The van der Waals surface area contributed by atoms with Gasteiger partial charge in [0.05, 0.1) is 6.04 Å². The van der Waals surface area contributed by atoms with Gasteiger partial charge < -0.3 is 10.3 Å². The van der Waals surface area contributed by atoms with E-state index >= 15 is 0 Å². The van der Waals surface area contributed by atoms with Gasteiger partial charge >= 0.3 is 0 Å². The zero-order valence-corrected chi connectivity index (χ0v) is 14.1. The van der Waals surface area contributed by atoms with Gasteiger partial charge in [-0.2, -0.15) is 4.98 Å². The van der Waals surface area contributed by atoms with Crippen LogP contribution in [0.1, 0.15) is 75.8 Å². The molecule has 1 aromatic heterocycles. The fraction of sp³-hybridized carbons (Fsp3) is 0.556. The molecule has 1 heterocycles. The van der Waals surface area contributed by atoms with Crippen LogP contribution in [0.2, 0.25) is 0 Å². The lowest BCUT2D eigenvalue weighted by molar-refractivity contribution is 0.343. The molecule has 0 radical (unpaired) electrons. The second-order valence-corrected chi connectivity index (χ2v) is 6.92. The van der Waals surface area contributed by atoms with E-state index in [1.165, 1.54) is 11.1 Å². The number of hydrogen-bond donors (Lipinski definition) is 1. The number of rotatable bonds is 6. The molecule has 2 aromatic rings. The van der Waals surface area contributed by atoms with Crippen molar-refractivity contribution < 1.29 is 4.52 Å². The molecule has 0 unspecified atom stereocenters. The topological polar surface area (TPSA) is 64.9 Å². The zero-order chi connectivity index (χ0) is 16.2. The number of nitrogens with two attached hydrogens (primary N) is 1. The van der Waals surface area contributed by atoms with Crippen molar-refractivity contribution in [3.63, 3.8) is 0 Å². The maximum atomic E-state index is 6.06. The first-order valence-electron chi connectivity index (χ1n) is 8.07.